The molecule has 0 amide bonds. The minimum Gasteiger partial charge on any atom is -0.507 e. The second-order valence-electron chi connectivity index (χ2n) is 5.21. The predicted molar refractivity (Wildman–Crippen MR) is 77.5 cm³/mol. The highest BCUT2D eigenvalue weighted by molar-refractivity contribution is 5.51. The number of rotatable bonds is 4. The summed E-state index contributed by atoms with van der Waals surface area (Å²) in [7, 11) is 1.94. The lowest BCUT2D eigenvalue weighted by atomic mass is 10.1. The zero-order valence-corrected chi connectivity index (χ0v) is 12.4. The maximum Gasteiger partial charge on any atom is 0.231 e. The quantitative estimate of drug-likeness (QED) is 0.897. The topological polar surface area (TPSA) is 68.5 Å². The van der Waals surface area contributed by atoms with Crippen molar-refractivity contribution in [3.8, 4) is 17.2 Å². The number of aromatic hydroxyl groups is 1. The Bertz CT molecular complexity index is 679. The summed E-state index contributed by atoms with van der Waals surface area (Å²) < 4.78 is 12.4. The zero-order valence-electron chi connectivity index (χ0n) is 12.4. The van der Waals surface area contributed by atoms with Gasteiger partial charge in [-0.3, -0.25) is 4.68 Å². The van der Waals surface area contributed by atoms with Crippen LogP contribution >= 0.6 is 0 Å². The summed E-state index contributed by atoms with van der Waals surface area (Å²) in [6.07, 6.45) is 0. The van der Waals surface area contributed by atoms with E-state index in [1.54, 1.807) is 6.07 Å². The standard InChI is InChI=1S/C15H19N3O3/c1-9-12(10(2)18(3)17-9)7-16-6-11-4-14-15(5-13(11)19)21-8-20-14/h4-5,16,19H,6-8H2,1-3H3. The molecule has 1 aromatic carbocycles. The molecular weight excluding hydrogens is 270 g/mol. The summed E-state index contributed by atoms with van der Waals surface area (Å²) >= 11 is 0. The SMILES string of the molecule is Cc1nn(C)c(C)c1CNCc1cc2c(cc1O)OCO2. The van der Waals surface area contributed by atoms with Crippen LogP contribution in [0.15, 0.2) is 12.1 Å². The van der Waals surface area contributed by atoms with Crippen molar-refractivity contribution in [2.45, 2.75) is 26.9 Å². The molecule has 6 nitrogen and oxygen atoms in total. The first kappa shape index (κ1) is 13.8. The highest BCUT2D eigenvalue weighted by Crippen LogP contribution is 2.37. The second-order valence-corrected chi connectivity index (χ2v) is 5.21. The van der Waals surface area contributed by atoms with Gasteiger partial charge in [-0.25, -0.2) is 0 Å². The molecule has 1 aromatic heterocycles. The van der Waals surface area contributed by atoms with E-state index in [9.17, 15) is 5.11 Å². The number of aromatic nitrogens is 2. The Morgan fingerprint density at radius 2 is 1.95 bits per heavy atom. The molecular formula is C15H19N3O3. The number of phenolic OH excluding ortho intramolecular Hbond substituents is 1. The monoisotopic (exact) mass is 289 g/mol. The molecule has 2 N–H and O–H groups in total. The fraction of sp³-hybridized carbons (Fsp3) is 0.400. The molecule has 1 aliphatic rings. The van der Waals surface area contributed by atoms with E-state index in [1.807, 2.05) is 24.7 Å². The van der Waals surface area contributed by atoms with Gasteiger partial charge >= 0.3 is 0 Å². The largest absolute Gasteiger partial charge is 0.507 e. The lowest BCUT2D eigenvalue weighted by Crippen LogP contribution is -2.14. The van der Waals surface area contributed by atoms with Gasteiger partial charge in [-0.05, 0) is 19.9 Å². The Morgan fingerprint density at radius 1 is 1.24 bits per heavy atom. The van der Waals surface area contributed by atoms with Gasteiger partial charge in [0, 0.05) is 43.0 Å². The van der Waals surface area contributed by atoms with Gasteiger partial charge in [0.1, 0.15) is 5.75 Å². The van der Waals surface area contributed by atoms with Gasteiger partial charge in [-0.1, -0.05) is 0 Å². The number of phenols is 1. The molecule has 2 aromatic rings. The minimum atomic E-state index is 0.208. The third kappa shape index (κ3) is 2.54. The Hall–Kier alpha value is -2.21. The molecule has 6 heteroatoms. The highest BCUT2D eigenvalue weighted by Gasteiger charge is 2.17. The van der Waals surface area contributed by atoms with Crippen LogP contribution in [0.5, 0.6) is 17.2 Å². The van der Waals surface area contributed by atoms with Crippen LogP contribution in [0.1, 0.15) is 22.5 Å². The average molecular weight is 289 g/mol. The van der Waals surface area contributed by atoms with Crippen LogP contribution in [-0.4, -0.2) is 21.7 Å². The molecule has 0 spiro atoms. The van der Waals surface area contributed by atoms with Gasteiger partial charge in [-0.15, -0.1) is 0 Å². The maximum atomic E-state index is 9.99. The average Bonchev–Trinajstić information content (AvgIpc) is 2.98. The van der Waals surface area contributed by atoms with E-state index < -0.39 is 0 Å². The fourth-order valence-electron chi connectivity index (χ4n) is 2.51. The Kier molecular flexibility index (Phi) is 3.47. The van der Waals surface area contributed by atoms with E-state index in [-0.39, 0.29) is 12.5 Å². The summed E-state index contributed by atoms with van der Waals surface area (Å²) in [4.78, 5) is 0. The predicted octanol–water partition coefficient (Wildman–Crippen LogP) is 1.76. The van der Waals surface area contributed by atoms with Crippen LogP contribution in [0.4, 0.5) is 0 Å². The summed E-state index contributed by atoms with van der Waals surface area (Å²) in [5.41, 5.74) is 4.16. The fourth-order valence-corrected chi connectivity index (χ4v) is 2.51. The Labute approximate surface area is 123 Å². The zero-order chi connectivity index (χ0) is 15.0. The van der Waals surface area contributed by atoms with E-state index >= 15 is 0 Å². The van der Waals surface area contributed by atoms with Crippen LogP contribution in [0, 0.1) is 13.8 Å². The van der Waals surface area contributed by atoms with Crippen molar-refractivity contribution in [2.24, 2.45) is 7.05 Å². The molecule has 0 saturated carbocycles. The number of benzene rings is 1. The Balaban J connectivity index is 1.68. The molecule has 1 aliphatic heterocycles. The van der Waals surface area contributed by atoms with Crippen LogP contribution in [0.2, 0.25) is 0 Å². The smallest absolute Gasteiger partial charge is 0.231 e. The van der Waals surface area contributed by atoms with Gasteiger partial charge in [0.15, 0.2) is 11.5 Å². The molecule has 0 bridgehead atoms. The van der Waals surface area contributed by atoms with E-state index in [1.165, 1.54) is 5.56 Å². The first-order valence-corrected chi connectivity index (χ1v) is 6.87. The van der Waals surface area contributed by atoms with E-state index in [4.69, 9.17) is 9.47 Å². The van der Waals surface area contributed by atoms with E-state index in [2.05, 4.69) is 17.3 Å². The summed E-state index contributed by atoms with van der Waals surface area (Å²) in [6.45, 7) is 5.52. The Morgan fingerprint density at radius 3 is 2.62 bits per heavy atom. The molecule has 0 saturated heterocycles. The van der Waals surface area contributed by atoms with Gasteiger partial charge in [0.25, 0.3) is 0 Å². The van der Waals surface area contributed by atoms with Crippen molar-refractivity contribution in [3.63, 3.8) is 0 Å². The number of ether oxygens (including phenoxy) is 2. The molecule has 0 unspecified atom stereocenters. The van der Waals surface area contributed by atoms with Crippen molar-refractivity contribution in [1.82, 2.24) is 15.1 Å². The molecule has 112 valence electrons. The third-order valence-corrected chi connectivity index (χ3v) is 3.85. The normalized spacial score (nSPS) is 12.9. The van der Waals surface area contributed by atoms with Crippen LogP contribution in [0.25, 0.3) is 0 Å². The van der Waals surface area contributed by atoms with Crippen molar-refractivity contribution in [1.29, 1.82) is 0 Å². The van der Waals surface area contributed by atoms with Gasteiger partial charge < -0.3 is 19.9 Å². The maximum absolute atomic E-state index is 9.99. The number of hydrogen-bond acceptors (Lipinski definition) is 5. The third-order valence-electron chi connectivity index (χ3n) is 3.85. The van der Waals surface area contributed by atoms with Crippen molar-refractivity contribution in [2.75, 3.05) is 6.79 Å². The van der Waals surface area contributed by atoms with Crippen molar-refractivity contribution in [3.05, 3.63) is 34.6 Å². The lowest BCUT2D eigenvalue weighted by molar-refractivity contribution is 0.174. The minimum absolute atomic E-state index is 0.208. The summed E-state index contributed by atoms with van der Waals surface area (Å²) in [5, 5.41) is 17.7. The first-order valence-electron chi connectivity index (χ1n) is 6.87. The van der Waals surface area contributed by atoms with E-state index in [0.717, 1.165) is 17.0 Å². The van der Waals surface area contributed by atoms with Crippen molar-refractivity contribution < 1.29 is 14.6 Å². The number of nitrogens with one attached hydrogen (secondary N) is 1. The first-order chi connectivity index (χ1) is 10.1. The molecule has 3 rings (SSSR count). The summed E-state index contributed by atoms with van der Waals surface area (Å²) in [5.74, 6) is 1.49. The molecule has 21 heavy (non-hydrogen) atoms. The lowest BCUT2D eigenvalue weighted by Gasteiger charge is -2.08. The highest BCUT2D eigenvalue weighted by atomic mass is 16.7. The van der Waals surface area contributed by atoms with Gasteiger partial charge in [0.2, 0.25) is 6.79 Å². The number of nitrogens with zero attached hydrogens (tertiary/aromatic N) is 2. The molecule has 0 radical (unpaired) electrons. The number of hydrogen-bond donors (Lipinski definition) is 2. The molecule has 0 fully saturated rings. The molecule has 0 atom stereocenters. The van der Waals surface area contributed by atoms with Crippen LogP contribution in [-0.2, 0) is 20.1 Å². The summed E-state index contributed by atoms with van der Waals surface area (Å²) in [6, 6.07) is 3.41. The van der Waals surface area contributed by atoms with Crippen molar-refractivity contribution >= 4 is 0 Å². The van der Waals surface area contributed by atoms with Gasteiger partial charge in [0.05, 0.1) is 5.69 Å². The number of fused-ring (bicyclic) bond motifs is 1. The second kappa shape index (κ2) is 5.29. The van der Waals surface area contributed by atoms with Crippen LogP contribution in [0.3, 0.4) is 0 Å². The molecule has 2 heterocycles. The number of aryl methyl sites for hydroxylation is 2. The van der Waals surface area contributed by atoms with Gasteiger partial charge in [-0.2, -0.15) is 5.10 Å². The molecule has 0 aliphatic carbocycles. The van der Waals surface area contributed by atoms with E-state index in [0.29, 0.717) is 24.6 Å². The van der Waals surface area contributed by atoms with Crippen LogP contribution < -0.4 is 14.8 Å².